The van der Waals surface area contributed by atoms with Gasteiger partial charge in [-0.1, -0.05) is 18.2 Å². The van der Waals surface area contributed by atoms with Crippen LogP contribution in [0.2, 0.25) is 0 Å². The summed E-state index contributed by atoms with van der Waals surface area (Å²) >= 11 is 0. The number of benzene rings is 1. The maximum Gasteiger partial charge on any atom is 0.204 e. The Hall–Kier alpha value is -2.84. The molecule has 1 saturated heterocycles. The molecular weight excluding hydrogens is 342 g/mol. The van der Waals surface area contributed by atoms with Crippen molar-refractivity contribution in [1.82, 2.24) is 14.5 Å². The van der Waals surface area contributed by atoms with E-state index in [9.17, 15) is 0 Å². The van der Waals surface area contributed by atoms with Gasteiger partial charge in [-0.05, 0) is 31.0 Å². The van der Waals surface area contributed by atoms with Gasteiger partial charge in [0.2, 0.25) is 5.79 Å². The SMILES string of the molecule is Cn1ncc2ccc(C3(N)Nc4cccc(=NC5CCOCC5)n4N3)cc21. The van der Waals surface area contributed by atoms with Gasteiger partial charge < -0.3 is 10.1 Å². The molecule has 1 aromatic carbocycles. The fourth-order valence-electron chi connectivity index (χ4n) is 3.75. The maximum absolute atomic E-state index is 6.71. The Balaban J connectivity index is 1.52. The molecule has 0 amide bonds. The van der Waals surface area contributed by atoms with Gasteiger partial charge in [0.25, 0.3) is 0 Å². The van der Waals surface area contributed by atoms with E-state index in [1.165, 1.54) is 0 Å². The fourth-order valence-corrected chi connectivity index (χ4v) is 3.75. The Labute approximate surface area is 156 Å². The van der Waals surface area contributed by atoms with E-state index in [1.54, 1.807) is 0 Å². The third-order valence-electron chi connectivity index (χ3n) is 5.29. The van der Waals surface area contributed by atoms with Gasteiger partial charge in [-0.15, -0.1) is 0 Å². The smallest absolute Gasteiger partial charge is 0.204 e. The highest BCUT2D eigenvalue weighted by atomic mass is 16.5. The first-order chi connectivity index (χ1) is 13.1. The van der Waals surface area contributed by atoms with E-state index in [0.29, 0.717) is 0 Å². The van der Waals surface area contributed by atoms with E-state index < -0.39 is 5.79 Å². The van der Waals surface area contributed by atoms with Gasteiger partial charge in [0.15, 0.2) is 0 Å². The van der Waals surface area contributed by atoms with Crippen molar-refractivity contribution in [3.8, 4) is 0 Å². The summed E-state index contributed by atoms with van der Waals surface area (Å²) in [7, 11) is 1.93. The number of nitrogens with zero attached hydrogens (tertiary/aromatic N) is 4. The maximum atomic E-state index is 6.71. The highest BCUT2D eigenvalue weighted by Gasteiger charge is 2.34. The van der Waals surface area contributed by atoms with Gasteiger partial charge in [0.1, 0.15) is 11.3 Å². The van der Waals surface area contributed by atoms with Crippen molar-refractivity contribution in [3.63, 3.8) is 0 Å². The molecule has 0 radical (unpaired) electrons. The van der Waals surface area contributed by atoms with E-state index in [-0.39, 0.29) is 6.04 Å². The summed E-state index contributed by atoms with van der Waals surface area (Å²) in [6, 6.07) is 12.4. The molecule has 4 N–H and O–H groups in total. The highest BCUT2D eigenvalue weighted by Crippen LogP contribution is 2.27. The summed E-state index contributed by atoms with van der Waals surface area (Å²) in [6.07, 6.45) is 3.75. The van der Waals surface area contributed by atoms with E-state index in [2.05, 4.69) is 21.9 Å². The van der Waals surface area contributed by atoms with Crippen LogP contribution in [0.15, 0.2) is 47.6 Å². The molecule has 4 heterocycles. The van der Waals surface area contributed by atoms with Crippen molar-refractivity contribution in [2.75, 3.05) is 24.0 Å². The molecule has 1 fully saturated rings. The van der Waals surface area contributed by atoms with Crippen molar-refractivity contribution >= 4 is 16.7 Å². The van der Waals surface area contributed by atoms with Gasteiger partial charge >= 0.3 is 0 Å². The van der Waals surface area contributed by atoms with E-state index >= 15 is 0 Å². The fraction of sp³-hybridized carbons (Fsp3) is 0.368. The number of pyridine rings is 1. The molecule has 27 heavy (non-hydrogen) atoms. The topological polar surface area (TPSA) is 94.4 Å². The van der Waals surface area contributed by atoms with Crippen molar-refractivity contribution < 1.29 is 4.74 Å². The number of nitrogens with two attached hydrogens (primary N) is 1. The number of anilines is 1. The highest BCUT2D eigenvalue weighted by molar-refractivity contribution is 5.79. The molecule has 0 aliphatic carbocycles. The number of hydrogen-bond donors (Lipinski definition) is 3. The van der Waals surface area contributed by atoms with Crippen molar-refractivity contribution in [2.45, 2.75) is 24.7 Å². The lowest BCUT2D eigenvalue weighted by molar-refractivity contribution is 0.0861. The lowest BCUT2D eigenvalue weighted by atomic mass is 10.1. The molecule has 140 valence electrons. The minimum absolute atomic E-state index is 0.276. The second kappa shape index (κ2) is 6.11. The molecule has 1 atom stereocenters. The Morgan fingerprint density at radius 1 is 1.26 bits per heavy atom. The summed E-state index contributed by atoms with van der Waals surface area (Å²) in [5.74, 6) is -0.0387. The number of aromatic nitrogens is 3. The van der Waals surface area contributed by atoms with Crippen LogP contribution in [-0.2, 0) is 17.6 Å². The number of hydrogen-bond acceptors (Lipinski definition) is 6. The second-order valence-corrected chi connectivity index (χ2v) is 7.16. The monoisotopic (exact) mass is 365 g/mol. The first-order valence-electron chi connectivity index (χ1n) is 9.23. The molecule has 0 spiro atoms. The summed E-state index contributed by atoms with van der Waals surface area (Å²) < 4.78 is 9.22. The number of fused-ring (bicyclic) bond motifs is 2. The van der Waals surface area contributed by atoms with Crippen LogP contribution in [0.4, 0.5) is 5.82 Å². The number of ether oxygens (including phenoxy) is 1. The lowest BCUT2D eigenvalue weighted by Gasteiger charge is -2.25. The predicted molar refractivity (Wildman–Crippen MR) is 103 cm³/mol. The molecule has 3 aromatic rings. The van der Waals surface area contributed by atoms with Crippen molar-refractivity contribution in [2.24, 2.45) is 17.8 Å². The van der Waals surface area contributed by atoms with Crippen LogP contribution >= 0.6 is 0 Å². The van der Waals surface area contributed by atoms with E-state index in [0.717, 1.165) is 53.8 Å². The summed E-state index contributed by atoms with van der Waals surface area (Å²) in [4.78, 5) is 4.92. The van der Waals surface area contributed by atoms with E-state index in [1.807, 2.05) is 52.9 Å². The molecule has 5 rings (SSSR count). The van der Waals surface area contributed by atoms with Crippen LogP contribution in [0.5, 0.6) is 0 Å². The Morgan fingerprint density at radius 3 is 2.96 bits per heavy atom. The van der Waals surface area contributed by atoms with Gasteiger partial charge in [-0.2, -0.15) is 5.10 Å². The van der Waals surface area contributed by atoms with Crippen molar-refractivity contribution in [1.29, 1.82) is 0 Å². The van der Waals surface area contributed by atoms with Crippen LogP contribution in [-0.4, -0.2) is 33.7 Å². The first kappa shape index (κ1) is 16.3. The van der Waals surface area contributed by atoms with Gasteiger partial charge in [0.05, 0.1) is 17.8 Å². The molecule has 8 nitrogen and oxygen atoms in total. The lowest BCUT2D eigenvalue weighted by Crippen LogP contribution is -2.50. The third-order valence-corrected chi connectivity index (χ3v) is 5.29. The predicted octanol–water partition coefficient (Wildman–Crippen LogP) is 1.19. The quantitative estimate of drug-likeness (QED) is 0.634. The van der Waals surface area contributed by atoms with Crippen molar-refractivity contribution in [3.05, 3.63) is 53.6 Å². The Morgan fingerprint density at radius 2 is 2.11 bits per heavy atom. The van der Waals surface area contributed by atoms with E-state index in [4.69, 9.17) is 15.5 Å². The van der Waals surface area contributed by atoms with Crippen LogP contribution in [0.3, 0.4) is 0 Å². The minimum atomic E-state index is -0.924. The summed E-state index contributed by atoms with van der Waals surface area (Å²) in [6.45, 7) is 1.54. The zero-order valence-electron chi connectivity index (χ0n) is 15.2. The largest absolute Gasteiger partial charge is 0.381 e. The molecular formula is C19H23N7O. The standard InChI is InChI=1S/C19H23N7O/c1-25-16-11-14(6-5-13(16)12-21-25)19(20)23-18-4-2-3-17(26(18)24-19)22-15-7-9-27-10-8-15/h2-6,11-12,15,23-24H,7-10,20H2,1H3. The first-order valence-corrected chi connectivity index (χ1v) is 9.23. The van der Waals surface area contributed by atoms with Crippen LogP contribution in [0.1, 0.15) is 18.4 Å². The van der Waals surface area contributed by atoms with Crippen LogP contribution in [0.25, 0.3) is 10.9 Å². The van der Waals surface area contributed by atoms with Gasteiger partial charge in [0, 0.05) is 31.2 Å². The third kappa shape index (κ3) is 2.77. The number of aryl methyl sites for hydroxylation is 1. The second-order valence-electron chi connectivity index (χ2n) is 7.16. The Kier molecular flexibility index (Phi) is 3.70. The Bertz CT molecular complexity index is 1060. The van der Waals surface area contributed by atoms with Crippen LogP contribution in [0, 0.1) is 0 Å². The molecule has 1 unspecified atom stereocenters. The molecule has 0 saturated carbocycles. The molecule has 2 aliphatic rings. The number of rotatable bonds is 2. The van der Waals surface area contributed by atoms with Crippen LogP contribution < -0.4 is 22.0 Å². The zero-order valence-corrected chi connectivity index (χ0v) is 15.2. The summed E-state index contributed by atoms with van der Waals surface area (Å²) in [5.41, 5.74) is 12.9. The molecule has 0 bridgehead atoms. The molecule has 2 aromatic heterocycles. The average molecular weight is 365 g/mol. The normalized spacial score (nSPS) is 23.3. The number of nitrogens with one attached hydrogen (secondary N) is 2. The summed E-state index contributed by atoms with van der Waals surface area (Å²) in [5, 5.41) is 8.79. The van der Waals surface area contributed by atoms with Gasteiger partial charge in [-0.25, -0.2) is 4.68 Å². The zero-order chi connectivity index (χ0) is 18.4. The van der Waals surface area contributed by atoms with Gasteiger partial charge in [-0.3, -0.25) is 20.8 Å². The minimum Gasteiger partial charge on any atom is -0.381 e. The molecule has 2 aliphatic heterocycles. The molecule has 8 heteroatoms. The average Bonchev–Trinajstić information content (AvgIpc) is 3.23.